The normalized spacial score (nSPS) is 13.9. The van der Waals surface area contributed by atoms with Crippen LogP contribution in [0.2, 0.25) is 5.02 Å². The molecule has 8 heteroatoms. The molecule has 0 N–H and O–H groups in total. The average Bonchev–Trinajstić information content (AvgIpc) is 3.50. The van der Waals surface area contributed by atoms with Gasteiger partial charge >= 0.3 is 0 Å². The summed E-state index contributed by atoms with van der Waals surface area (Å²) in [6.07, 6.45) is 1.96. The summed E-state index contributed by atoms with van der Waals surface area (Å²) in [6.45, 7) is 2.75. The third kappa shape index (κ3) is 4.15. The number of hydrogen-bond acceptors (Lipinski definition) is 4. The molecule has 0 unspecified atom stereocenters. The summed E-state index contributed by atoms with van der Waals surface area (Å²) in [5, 5.41) is 5.32. The van der Waals surface area contributed by atoms with Crippen LogP contribution in [-0.2, 0) is 7.05 Å². The third-order valence-electron chi connectivity index (χ3n) is 6.22. The number of halogens is 1. The minimum Gasteiger partial charge on any atom is -0.497 e. The van der Waals surface area contributed by atoms with Crippen molar-refractivity contribution in [2.24, 2.45) is 7.05 Å². The Morgan fingerprint density at radius 1 is 0.971 bits per heavy atom. The highest BCUT2D eigenvalue weighted by Gasteiger charge is 2.27. The van der Waals surface area contributed by atoms with Crippen molar-refractivity contribution in [1.82, 2.24) is 19.2 Å². The number of amides is 1. The number of carbonyl (C=O) groups is 1. The quantitative estimate of drug-likeness (QED) is 0.426. The topological polar surface area (TPSA) is 55.5 Å². The number of carbonyl (C=O) groups excluding carboxylic acids is 1. The van der Waals surface area contributed by atoms with Gasteiger partial charge in [-0.15, -0.1) is 0 Å². The number of aryl methyl sites for hydroxylation is 1. The molecule has 0 atom stereocenters. The van der Waals surface area contributed by atoms with E-state index in [1.54, 1.807) is 11.8 Å². The van der Waals surface area contributed by atoms with Crippen LogP contribution in [0.4, 0.5) is 5.69 Å². The highest BCUT2D eigenvalue weighted by molar-refractivity contribution is 6.32. The molecule has 174 valence electrons. The number of para-hydroxylation sites is 1. The minimum atomic E-state index is -0.0535. The van der Waals surface area contributed by atoms with E-state index in [0.29, 0.717) is 29.5 Å². The van der Waals surface area contributed by atoms with Crippen molar-refractivity contribution < 1.29 is 9.53 Å². The predicted octanol–water partition coefficient (Wildman–Crippen LogP) is 4.50. The molecule has 4 aromatic rings. The first-order chi connectivity index (χ1) is 16.5. The van der Waals surface area contributed by atoms with Crippen LogP contribution in [0.15, 0.2) is 72.9 Å². The zero-order chi connectivity index (χ0) is 23.7. The van der Waals surface area contributed by atoms with Gasteiger partial charge < -0.3 is 19.1 Å². The lowest BCUT2D eigenvalue weighted by Gasteiger charge is -2.36. The van der Waals surface area contributed by atoms with Crippen molar-refractivity contribution in [3.63, 3.8) is 0 Å². The molecule has 3 heterocycles. The zero-order valence-corrected chi connectivity index (χ0v) is 19.9. The van der Waals surface area contributed by atoms with E-state index >= 15 is 0 Å². The van der Waals surface area contributed by atoms with Gasteiger partial charge in [0.15, 0.2) is 0 Å². The molecule has 2 aromatic heterocycles. The number of benzene rings is 2. The second kappa shape index (κ2) is 9.27. The van der Waals surface area contributed by atoms with Crippen molar-refractivity contribution in [2.75, 3.05) is 38.2 Å². The lowest BCUT2D eigenvalue weighted by Crippen LogP contribution is -2.49. The van der Waals surface area contributed by atoms with Crippen LogP contribution in [0.1, 0.15) is 10.5 Å². The molecule has 0 bridgehead atoms. The van der Waals surface area contributed by atoms with Crippen LogP contribution < -0.4 is 9.64 Å². The second-order valence-corrected chi connectivity index (χ2v) is 8.67. The maximum atomic E-state index is 13.7. The molecule has 0 saturated carbocycles. The van der Waals surface area contributed by atoms with Crippen LogP contribution in [0.25, 0.3) is 17.1 Å². The molecule has 1 fully saturated rings. The smallest absolute Gasteiger partial charge is 0.272 e. The number of nitrogens with zero attached hydrogens (tertiary/aromatic N) is 5. The third-order valence-corrected chi connectivity index (χ3v) is 6.54. The van der Waals surface area contributed by atoms with Gasteiger partial charge in [-0.25, -0.2) is 4.68 Å². The van der Waals surface area contributed by atoms with Crippen LogP contribution in [0.5, 0.6) is 5.75 Å². The van der Waals surface area contributed by atoms with Gasteiger partial charge in [0, 0.05) is 45.1 Å². The Morgan fingerprint density at radius 3 is 2.35 bits per heavy atom. The number of hydrogen-bond donors (Lipinski definition) is 0. The predicted molar refractivity (Wildman–Crippen MR) is 134 cm³/mol. The van der Waals surface area contributed by atoms with Crippen molar-refractivity contribution in [3.8, 4) is 22.8 Å². The van der Waals surface area contributed by atoms with Gasteiger partial charge in [-0.05, 0) is 54.6 Å². The lowest BCUT2D eigenvalue weighted by atomic mass is 10.2. The van der Waals surface area contributed by atoms with E-state index in [4.69, 9.17) is 21.4 Å². The Hall–Kier alpha value is -3.71. The standard InChI is InChI=1S/C26H26ClN5O2/c1-29-13-5-8-24(29)22-18-25(32(28-22)23-7-4-3-6-21(23)27)26(33)31-16-14-30(15-17-31)19-9-11-20(34-2)12-10-19/h3-13,18H,14-17H2,1-2H3. The number of anilines is 1. The summed E-state index contributed by atoms with van der Waals surface area (Å²) < 4.78 is 8.91. The van der Waals surface area contributed by atoms with E-state index < -0.39 is 0 Å². The summed E-state index contributed by atoms with van der Waals surface area (Å²) in [5.74, 6) is 0.779. The molecule has 1 aliphatic heterocycles. The van der Waals surface area contributed by atoms with E-state index in [9.17, 15) is 4.79 Å². The van der Waals surface area contributed by atoms with Crippen molar-refractivity contribution in [1.29, 1.82) is 0 Å². The van der Waals surface area contributed by atoms with E-state index in [1.165, 1.54) is 0 Å². The molecule has 0 aliphatic carbocycles. The molecule has 1 saturated heterocycles. The maximum Gasteiger partial charge on any atom is 0.272 e. The molecule has 1 amide bonds. The van der Waals surface area contributed by atoms with Crippen LogP contribution >= 0.6 is 11.6 Å². The molecule has 2 aromatic carbocycles. The van der Waals surface area contributed by atoms with E-state index in [-0.39, 0.29) is 5.91 Å². The number of aromatic nitrogens is 3. The highest BCUT2D eigenvalue weighted by atomic mass is 35.5. The summed E-state index contributed by atoms with van der Waals surface area (Å²) >= 11 is 6.49. The highest BCUT2D eigenvalue weighted by Crippen LogP contribution is 2.27. The van der Waals surface area contributed by atoms with E-state index in [1.807, 2.05) is 77.3 Å². The molecule has 0 radical (unpaired) electrons. The average molecular weight is 476 g/mol. The Kier molecular flexibility index (Phi) is 6.02. The number of ether oxygens (including phenoxy) is 1. The summed E-state index contributed by atoms with van der Waals surface area (Å²) in [5.41, 5.74) is 3.98. The van der Waals surface area contributed by atoms with Crippen molar-refractivity contribution in [2.45, 2.75) is 0 Å². The van der Waals surface area contributed by atoms with E-state index in [2.05, 4.69) is 17.0 Å². The molecular formula is C26H26ClN5O2. The number of rotatable bonds is 5. The lowest BCUT2D eigenvalue weighted by molar-refractivity contribution is 0.0737. The van der Waals surface area contributed by atoms with Gasteiger partial charge in [-0.1, -0.05) is 23.7 Å². The van der Waals surface area contributed by atoms with Crippen LogP contribution in [-0.4, -0.2) is 58.4 Å². The summed E-state index contributed by atoms with van der Waals surface area (Å²) in [7, 11) is 3.62. The fourth-order valence-corrected chi connectivity index (χ4v) is 4.53. The summed E-state index contributed by atoms with van der Waals surface area (Å²) in [6, 6.07) is 21.3. The maximum absolute atomic E-state index is 13.7. The van der Waals surface area contributed by atoms with E-state index in [0.717, 1.165) is 35.9 Å². The molecule has 0 spiro atoms. The number of methoxy groups -OCH3 is 1. The first-order valence-electron chi connectivity index (χ1n) is 11.2. The first kappa shape index (κ1) is 22.1. The van der Waals surface area contributed by atoms with Crippen LogP contribution in [0, 0.1) is 0 Å². The Balaban J connectivity index is 1.41. The SMILES string of the molecule is COc1ccc(N2CCN(C(=O)c3cc(-c4cccn4C)nn3-c3ccccc3Cl)CC2)cc1. The van der Waals surface area contributed by atoms with Gasteiger partial charge in [0.05, 0.1) is 23.5 Å². The molecule has 1 aliphatic rings. The number of piperazine rings is 1. The van der Waals surface area contributed by atoms with Gasteiger partial charge in [0.2, 0.25) is 0 Å². The van der Waals surface area contributed by atoms with Gasteiger partial charge in [-0.3, -0.25) is 4.79 Å². The Morgan fingerprint density at radius 2 is 1.71 bits per heavy atom. The fraction of sp³-hybridized carbons (Fsp3) is 0.231. The van der Waals surface area contributed by atoms with Gasteiger partial charge in [-0.2, -0.15) is 5.10 Å². The van der Waals surface area contributed by atoms with Gasteiger partial charge in [0.25, 0.3) is 5.91 Å². The largest absolute Gasteiger partial charge is 0.497 e. The molecular weight excluding hydrogens is 450 g/mol. The Bertz CT molecular complexity index is 1300. The van der Waals surface area contributed by atoms with Crippen LogP contribution in [0.3, 0.4) is 0 Å². The van der Waals surface area contributed by atoms with Crippen molar-refractivity contribution in [3.05, 3.63) is 83.6 Å². The van der Waals surface area contributed by atoms with Gasteiger partial charge in [0.1, 0.15) is 17.1 Å². The van der Waals surface area contributed by atoms with Crippen molar-refractivity contribution >= 4 is 23.2 Å². The fourth-order valence-electron chi connectivity index (χ4n) is 4.32. The monoisotopic (exact) mass is 475 g/mol. The molecule has 34 heavy (non-hydrogen) atoms. The summed E-state index contributed by atoms with van der Waals surface area (Å²) in [4.78, 5) is 17.8. The Labute approximate surface area is 203 Å². The molecule has 7 nitrogen and oxygen atoms in total. The second-order valence-electron chi connectivity index (χ2n) is 8.26. The minimum absolute atomic E-state index is 0.0535. The zero-order valence-electron chi connectivity index (χ0n) is 19.2. The molecule has 5 rings (SSSR count). The first-order valence-corrected chi connectivity index (χ1v) is 11.6.